The van der Waals surface area contributed by atoms with Crippen molar-refractivity contribution in [2.24, 2.45) is 11.1 Å². The number of piperidine rings is 1. The first-order valence-electron chi connectivity index (χ1n) is 6.11. The molecule has 2 N–H and O–H groups in total. The van der Waals surface area contributed by atoms with Crippen LogP contribution in [0.2, 0.25) is 0 Å². The molecule has 0 unspecified atom stereocenters. The Morgan fingerprint density at radius 2 is 1.93 bits per heavy atom. The fraction of sp³-hybridized carbons (Fsp3) is 1.00. The summed E-state index contributed by atoms with van der Waals surface area (Å²) in [6, 6.07) is 0. The van der Waals surface area contributed by atoms with E-state index in [4.69, 9.17) is 10.5 Å². The number of hydrogen-bond acceptors (Lipinski definition) is 3. The Morgan fingerprint density at radius 3 is 2.40 bits per heavy atom. The molecule has 1 heterocycles. The second-order valence-corrected chi connectivity index (χ2v) is 5.30. The molecule has 0 aliphatic carbocycles. The molecular weight excluding hydrogens is 188 g/mol. The average molecular weight is 214 g/mol. The zero-order valence-corrected chi connectivity index (χ0v) is 10.5. The summed E-state index contributed by atoms with van der Waals surface area (Å²) in [4.78, 5) is 2.52. The molecule has 3 nitrogen and oxygen atoms in total. The van der Waals surface area contributed by atoms with Crippen molar-refractivity contribution in [1.29, 1.82) is 0 Å². The van der Waals surface area contributed by atoms with Gasteiger partial charge in [-0.15, -0.1) is 0 Å². The van der Waals surface area contributed by atoms with Gasteiger partial charge in [0, 0.05) is 26.2 Å². The van der Waals surface area contributed by atoms with Crippen LogP contribution < -0.4 is 5.73 Å². The van der Waals surface area contributed by atoms with Crippen LogP contribution in [0.3, 0.4) is 0 Å². The maximum atomic E-state index is 5.75. The molecule has 15 heavy (non-hydrogen) atoms. The zero-order valence-electron chi connectivity index (χ0n) is 10.5. The van der Waals surface area contributed by atoms with Crippen LogP contribution in [-0.4, -0.2) is 43.8 Å². The summed E-state index contributed by atoms with van der Waals surface area (Å²) in [5.74, 6) is 0. The van der Waals surface area contributed by atoms with Crippen molar-refractivity contribution in [1.82, 2.24) is 4.90 Å². The van der Waals surface area contributed by atoms with Gasteiger partial charge < -0.3 is 15.4 Å². The Morgan fingerprint density at radius 1 is 1.33 bits per heavy atom. The minimum Gasteiger partial charge on any atom is -0.378 e. The molecule has 0 aromatic heterocycles. The van der Waals surface area contributed by atoms with Crippen LogP contribution in [0.15, 0.2) is 0 Å². The predicted molar refractivity (Wildman–Crippen MR) is 63.9 cm³/mol. The van der Waals surface area contributed by atoms with Gasteiger partial charge in [0.1, 0.15) is 0 Å². The van der Waals surface area contributed by atoms with Gasteiger partial charge in [-0.2, -0.15) is 0 Å². The van der Waals surface area contributed by atoms with Gasteiger partial charge in [-0.3, -0.25) is 0 Å². The van der Waals surface area contributed by atoms with E-state index in [0.29, 0.717) is 6.10 Å². The first-order chi connectivity index (χ1) is 7.07. The quantitative estimate of drug-likeness (QED) is 0.753. The van der Waals surface area contributed by atoms with Gasteiger partial charge in [0.25, 0.3) is 0 Å². The lowest BCUT2D eigenvalue weighted by atomic mass is 9.92. The first kappa shape index (κ1) is 12.9. The summed E-state index contributed by atoms with van der Waals surface area (Å²) < 4.78 is 5.64. The molecular formula is C12H26N2O. The van der Waals surface area contributed by atoms with Crippen LogP contribution in [0.4, 0.5) is 0 Å². The largest absolute Gasteiger partial charge is 0.378 e. The fourth-order valence-corrected chi connectivity index (χ4v) is 2.14. The topological polar surface area (TPSA) is 38.5 Å². The highest BCUT2D eigenvalue weighted by Gasteiger charge is 2.24. The lowest BCUT2D eigenvalue weighted by Gasteiger charge is -2.36. The van der Waals surface area contributed by atoms with Crippen LogP contribution in [0, 0.1) is 5.41 Å². The van der Waals surface area contributed by atoms with E-state index < -0.39 is 0 Å². The maximum Gasteiger partial charge on any atom is 0.0599 e. The second kappa shape index (κ2) is 5.83. The Hall–Kier alpha value is -0.120. The van der Waals surface area contributed by atoms with Gasteiger partial charge >= 0.3 is 0 Å². The van der Waals surface area contributed by atoms with E-state index in [-0.39, 0.29) is 5.41 Å². The summed E-state index contributed by atoms with van der Waals surface area (Å²) >= 11 is 0. The number of ether oxygens (including phenoxy) is 1. The SMILES string of the molecule is CCOC1CCN(CC(C)(C)CN)CC1. The summed E-state index contributed by atoms with van der Waals surface area (Å²) in [6.07, 6.45) is 2.84. The molecule has 0 radical (unpaired) electrons. The number of hydrogen-bond donors (Lipinski definition) is 1. The molecule has 0 amide bonds. The number of nitrogens with zero attached hydrogens (tertiary/aromatic N) is 1. The monoisotopic (exact) mass is 214 g/mol. The summed E-state index contributed by atoms with van der Waals surface area (Å²) in [5.41, 5.74) is 6.00. The molecule has 1 aliphatic heterocycles. The normalized spacial score (nSPS) is 20.8. The van der Waals surface area contributed by atoms with Crippen molar-refractivity contribution in [2.45, 2.75) is 39.7 Å². The molecule has 3 heteroatoms. The molecule has 1 aliphatic rings. The van der Waals surface area contributed by atoms with Crippen molar-refractivity contribution in [3.05, 3.63) is 0 Å². The molecule has 0 saturated carbocycles. The Balaban J connectivity index is 2.25. The van der Waals surface area contributed by atoms with Crippen LogP contribution in [0.5, 0.6) is 0 Å². The fourth-order valence-electron chi connectivity index (χ4n) is 2.14. The predicted octanol–water partition coefficient (Wildman–Crippen LogP) is 1.47. The van der Waals surface area contributed by atoms with Crippen LogP contribution >= 0.6 is 0 Å². The molecule has 1 rings (SSSR count). The molecule has 0 atom stereocenters. The Kier molecular flexibility index (Phi) is 5.03. The van der Waals surface area contributed by atoms with Crippen molar-refractivity contribution >= 4 is 0 Å². The van der Waals surface area contributed by atoms with Crippen LogP contribution in [0.1, 0.15) is 33.6 Å². The van der Waals surface area contributed by atoms with Crippen molar-refractivity contribution in [3.8, 4) is 0 Å². The maximum absolute atomic E-state index is 5.75. The Bertz CT molecular complexity index is 174. The first-order valence-corrected chi connectivity index (χ1v) is 6.11. The van der Waals surface area contributed by atoms with E-state index in [1.54, 1.807) is 0 Å². The zero-order chi connectivity index (χ0) is 11.3. The highest BCUT2D eigenvalue weighted by atomic mass is 16.5. The van der Waals surface area contributed by atoms with Gasteiger partial charge in [0.15, 0.2) is 0 Å². The third-order valence-corrected chi connectivity index (χ3v) is 3.14. The van der Waals surface area contributed by atoms with E-state index in [2.05, 4.69) is 25.7 Å². The van der Waals surface area contributed by atoms with E-state index in [1.807, 2.05) is 0 Å². The van der Waals surface area contributed by atoms with Crippen molar-refractivity contribution < 1.29 is 4.74 Å². The third-order valence-electron chi connectivity index (χ3n) is 3.14. The lowest BCUT2D eigenvalue weighted by molar-refractivity contribution is 0.00710. The van der Waals surface area contributed by atoms with E-state index in [9.17, 15) is 0 Å². The highest BCUT2D eigenvalue weighted by Crippen LogP contribution is 2.19. The van der Waals surface area contributed by atoms with Gasteiger partial charge in [-0.05, 0) is 31.7 Å². The average Bonchev–Trinajstić information content (AvgIpc) is 2.21. The van der Waals surface area contributed by atoms with Crippen molar-refractivity contribution in [2.75, 3.05) is 32.8 Å². The van der Waals surface area contributed by atoms with E-state index >= 15 is 0 Å². The molecule has 1 saturated heterocycles. The highest BCUT2D eigenvalue weighted by molar-refractivity contribution is 4.79. The van der Waals surface area contributed by atoms with Gasteiger partial charge in [0.2, 0.25) is 0 Å². The summed E-state index contributed by atoms with van der Waals surface area (Å²) in [7, 11) is 0. The lowest BCUT2D eigenvalue weighted by Crippen LogP contribution is -2.44. The van der Waals surface area contributed by atoms with Gasteiger partial charge in [0.05, 0.1) is 6.10 Å². The van der Waals surface area contributed by atoms with Gasteiger partial charge in [-0.1, -0.05) is 13.8 Å². The Labute approximate surface area is 94.0 Å². The molecule has 0 bridgehead atoms. The van der Waals surface area contributed by atoms with E-state index in [1.165, 1.54) is 12.8 Å². The van der Waals surface area contributed by atoms with Gasteiger partial charge in [-0.25, -0.2) is 0 Å². The molecule has 0 aromatic carbocycles. The second-order valence-electron chi connectivity index (χ2n) is 5.30. The summed E-state index contributed by atoms with van der Waals surface area (Å²) in [5, 5.41) is 0. The minimum atomic E-state index is 0.248. The molecule has 1 fully saturated rings. The van der Waals surface area contributed by atoms with E-state index in [0.717, 1.165) is 32.8 Å². The third kappa shape index (κ3) is 4.49. The molecule has 0 aromatic rings. The number of likely N-dealkylation sites (tertiary alicyclic amines) is 1. The van der Waals surface area contributed by atoms with Crippen LogP contribution in [0.25, 0.3) is 0 Å². The molecule has 0 spiro atoms. The van der Waals surface area contributed by atoms with Crippen molar-refractivity contribution in [3.63, 3.8) is 0 Å². The molecule has 90 valence electrons. The minimum absolute atomic E-state index is 0.248. The number of rotatable bonds is 5. The summed E-state index contributed by atoms with van der Waals surface area (Å²) in [6.45, 7) is 11.6. The smallest absolute Gasteiger partial charge is 0.0599 e. The number of nitrogens with two attached hydrogens (primary N) is 1. The standard InChI is InChI=1S/C12H26N2O/c1-4-15-11-5-7-14(8-6-11)10-12(2,3)9-13/h11H,4-10,13H2,1-3H3. The van der Waals surface area contributed by atoms with Crippen LogP contribution in [-0.2, 0) is 4.74 Å².